The summed E-state index contributed by atoms with van der Waals surface area (Å²) < 4.78 is 22.0. The molecule has 0 aliphatic rings. The van der Waals surface area contributed by atoms with Gasteiger partial charge in [0.15, 0.2) is 6.29 Å². The Morgan fingerprint density at radius 3 is 2.25 bits per heavy atom. The molecule has 1 heterocycles. The van der Waals surface area contributed by atoms with Gasteiger partial charge in [0.05, 0.1) is 17.7 Å². The van der Waals surface area contributed by atoms with E-state index >= 15 is 0 Å². The largest absolute Gasteiger partial charge is 0.465 e. The predicted molar refractivity (Wildman–Crippen MR) is 115 cm³/mol. The lowest BCUT2D eigenvalue weighted by atomic mass is 9.89. The van der Waals surface area contributed by atoms with Crippen LogP contribution in [-0.4, -0.2) is 24.8 Å². The summed E-state index contributed by atoms with van der Waals surface area (Å²) in [5, 5.41) is 0. The molecule has 7 heteroatoms. The van der Waals surface area contributed by atoms with E-state index in [0.717, 1.165) is 5.56 Å². The van der Waals surface area contributed by atoms with Gasteiger partial charge in [0.2, 0.25) is 5.60 Å². The van der Waals surface area contributed by atoms with Gasteiger partial charge in [-0.1, -0.05) is 55.5 Å². The highest BCUT2D eigenvalue weighted by molar-refractivity contribution is 5.95. The number of furan rings is 1. The average Bonchev–Trinajstić information content (AvgIpc) is 3.25. The van der Waals surface area contributed by atoms with Gasteiger partial charge in [-0.15, -0.1) is 0 Å². The zero-order valence-corrected chi connectivity index (χ0v) is 17.9. The summed E-state index contributed by atoms with van der Waals surface area (Å²) in [6, 6.07) is 17.4. The van der Waals surface area contributed by atoms with Gasteiger partial charge in [0.25, 0.3) is 5.95 Å². The first-order valence-electron chi connectivity index (χ1n) is 10.2. The molecular formula is C25H24O7. The average molecular weight is 436 g/mol. The molecule has 7 nitrogen and oxygen atoms in total. The van der Waals surface area contributed by atoms with Gasteiger partial charge in [0.1, 0.15) is 18.4 Å². The molecule has 0 N–H and O–H groups in total. The van der Waals surface area contributed by atoms with Crippen LogP contribution in [0.25, 0.3) is 0 Å². The number of carbonyl (C=O) groups is 3. The van der Waals surface area contributed by atoms with E-state index in [1.165, 1.54) is 6.26 Å². The van der Waals surface area contributed by atoms with Crippen LogP contribution in [0.5, 0.6) is 5.95 Å². The maximum atomic E-state index is 13.4. The first-order chi connectivity index (χ1) is 15.6. The van der Waals surface area contributed by atoms with Gasteiger partial charge in [-0.25, -0.2) is 9.59 Å². The summed E-state index contributed by atoms with van der Waals surface area (Å²) in [7, 11) is 0. The molecule has 0 amide bonds. The Hall–Kier alpha value is -3.87. The lowest BCUT2D eigenvalue weighted by Crippen LogP contribution is -2.42. The first kappa shape index (κ1) is 22.8. The Labute approximate surface area is 185 Å². The van der Waals surface area contributed by atoms with Crippen molar-refractivity contribution in [3.05, 3.63) is 89.2 Å². The van der Waals surface area contributed by atoms with Crippen LogP contribution in [0.15, 0.2) is 71.3 Å². The van der Waals surface area contributed by atoms with Crippen LogP contribution in [0, 0.1) is 0 Å². The number of benzene rings is 2. The van der Waals surface area contributed by atoms with E-state index in [4.69, 9.17) is 18.6 Å². The van der Waals surface area contributed by atoms with Gasteiger partial charge >= 0.3 is 11.9 Å². The number of ether oxygens (including phenoxy) is 3. The van der Waals surface area contributed by atoms with Crippen molar-refractivity contribution in [2.75, 3.05) is 6.61 Å². The topological polar surface area (TPSA) is 92.0 Å². The minimum Gasteiger partial charge on any atom is -0.465 e. The van der Waals surface area contributed by atoms with Crippen LogP contribution in [0.2, 0.25) is 0 Å². The maximum absolute atomic E-state index is 13.4. The first-order valence-corrected chi connectivity index (χ1v) is 10.2. The normalized spacial score (nSPS) is 12.4. The monoisotopic (exact) mass is 436 g/mol. The highest BCUT2D eigenvalue weighted by Crippen LogP contribution is 2.39. The van der Waals surface area contributed by atoms with Gasteiger partial charge in [-0.3, -0.25) is 4.79 Å². The zero-order chi connectivity index (χ0) is 23.0. The molecule has 2 aromatic carbocycles. The molecule has 1 unspecified atom stereocenters. The third-order valence-electron chi connectivity index (χ3n) is 4.94. The predicted octanol–water partition coefficient (Wildman–Crippen LogP) is 4.70. The molecule has 3 rings (SSSR count). The van der Waals surface area contributed by atoms with E-state index in [9.17, 15) is 14.4 Å². The molecule has 0 saturated carbocycles. The molecule has 0 bridgehead atoms. The summed E-state index contributed by atoms with van der Waals surface area (Å²) >= 11 is 0. The Morgan fingerprint density at radius 1 is 1.00 bits per heavy atom. The SMILES string of the molecule is CCOc1occ(C(CC)(OC(=O)c2ccccc2)C(=O)OCc2ccccc2)c1C=O. The highest BCUT2D eigenvalue weighted by atomic mass is 16.6. The highest BCUT2D eigenvalue weighted by Gasteiger charge is 2.48. The maximum Gasteiger partial charge on any atom is 0.355 e. The van der Waals surface area contributed by atoms with E-state index in [0.29, 0.717) is 6.29 Å². The summed E-state index contributed by atoms with van der Waals surface area (Å²) in [6.45, 7) is 3.60. The fourth-order valence-electron chi connectivity index (χ4n) is 3.26. The van der Waals surface area contributed by atoms with Gasteiger partial charge < -0.3 is 18.6 Å². The Kier molecular flexibility index (Phi) is 7.44. The zero-order valence-electron chi connectivity index (χ0n) is 17.9. The molecule has 0 radical (unpaired) electrons. The number of rotatable bonds is 10. The van der Waals surface area contributed by atoms with Crippen LogP contribution in [-0.2, 0) is 26.5 Å². The van der Waals surface area contributed by atoms with Gasteiger partial charge in [0, 0.05) is 0 Å². The third kappa shape index (κ3) is 4.72. The van der Waals surface area contributed by atoms with Gasteiger partial charge in [-0.2, -0.15) is 0 Å². The van der Waals surface area contributed by atoms with Crippen LogP contribution < -0.4 is 4.74 Å². The van der Waals surface area contributed by atoms with E-state index < -0.39 is 17.5 Å². The van der Waals surface area contributed by atoms with Crippen LogP contribution >= 0.6 is 0 Å². The Bertz CT molecular complexity index is 1060. The molecular weight excluding hydrogens is 412 g/mol. The van der Waals surface area contributed by atoms with Crippen molar-refractivity contribution in [2.45, 2.75) is 32.5 Å². The summed E-state index contributed by atoms with van der Waals surface area (Å²) in [6.07, 6.45) is 1.71. The van der Waals surface area contributed by atoms with E-state index in [-0.39, 0.29) is 42.3 Å². The molecule has 0 aliphatic heterocycles. The number of carbonyl (C=O) groups excluding carboxylic acids is 3. The second-order valence-corrected chi connectivity index (χ2v) is 6.90. The van der Waals surface area contributed by atoms with Gasteiger partial charge in [-0.05, 0) is 31.0 Å². The van der Waals surface area contributed by atoms with Crippen molar-refractivity contribution >= 4 is 18.2 Å². The van der Waals surface area contributed by atoms with E-state index in [1.807, 2.05) is 18.2 Å². The van der Waals surface area contributed by atoms with Crippen molar-refractivity contribution in [3.8, 4) is 5.95 Å². The molecule has 0 aliphatic carbocycles. The second-order valence-electron chi connectivity index (χ2n) is 6.90. The smallest absolute Gasteiger partial charge is 0.355 e. The standard InChI is InChI=1S/C25H24O7/c1-3-25(32-22(27)19-13-9-6-10-14-19,21-17-30-23(29-4-2)20(21)15-26)24(28)31-16-18-11-7-5-8-12-18/h5-15,17H,3-4,16H2,1-2H3. The molecule has 166 valence electrons. The van der Waals surface area contributed by atoms with Crippen LogP contribution in [0.4, 0.5) is 0 Å². The van der Waals surface area contributed by atoms with Crippen molar-refractivity contribution in [1.29, 1.82) is 0 Å². The van der Waals surface area contributed by atoms with Crippen molar-refractivity contribution in [1.82, 2.24) is 0 Å². The van der Waals surface area contributed by atoms with E-state index in [2.05, 4.69) is 0 Å². The number of aldehydes is 1. The Balaban J connectivity index is 2.01. The fourth-order valence-corrected chi connectivity index (χ4v) is 3.26. The minimum absolute atomic E-state index is 0.00509. The van der Waals surface area contributed by atoms with Crippen LogP contribution in [0.3, 0.4) is 0 Å². The second kappa shape index (κ2) is 10.4. The molecule has 1 aromatic heterocycles. The fraction of sp³-hybridized carbons (Fsp3) is 0.240. The summed E-state index contributed by atoms with van der Waals surface area (Å²) in [5.74, 6) is -1.61. The van der Waals surface area contributed by atoms with Crippen LogP contribution in [0.1, 0.15) is 52.1 Å². The Morgan fingerprint density at radius 2 is 1.66 bits per heavy atom. The molecule has 0 fully saturated rings. The molecule has 3 aromatic rings. The lowest BCUT2D eigenvalue weighted by molar-refractivity contribution is -0.169. The summed E-state index contributed by atoms with van der Waals surface area (Å²) in [5.41, 5.74) is -0.830. The number of hydrogen-bond acceptors (Lipinski definition) is 7. The van der Waals surface area contributed by atoms with Crippen molar-refractivity contribution in [2.24, 2.45) is 0 Å². The molecule has 32 heavy (non-hydrogen) atoms. The quantitative estimate of drug-likeness (QED) is 0.336. The van der Waals surface area contributed by atoms with Crippen molar-refractivity contribution in [3.63, 3.8) is 0 Å². The number of hydrogen-bond donors (Lipinski definition) is 0. The van der Waals surface area contributed by atoms with E-state index in [1.54, 1.807) is 56.3 Å². The van der Waals surface area contributed by atoms with Crippen molar-refractivity contribution < 1.29 is 33.0 Å². The lowest BCUT2D eigenvalue weighted by Gasteiger charge is -2.30. The minimum atomic E-state index is -1.91. The molecule has 0 saturated heterocycles. The summed E-state index contributed by atoms with van der Waals surface area (Å²) in [4.78, 5) is 38.2. The number of esters is 2. The third-order valence-corrected chi connectivity index (χ3v) is 4.94. The molecule has 0 spiro atoms. The molecule has 1 atom stereocenters.